The Balaban J connectivity index is 1.73. The van der Waals surface area contributed by atoms with Crippen molar-refractivity contribution in [3.63, 3.8) is 0 Å². The lowest BCUT2D eigenvalue weighted by atomic mass is 10.1. The fourth-order valence-corrected chi connectivity index (χ4v) is 2.99. The maximum atomic E-state index is 4.54. The summed E-state index contributed by atoms with van der Waals surface area (Å²) in [7, 11) is 0. The van der Waals surface area contributed by atoms with Crippen LogP contribution in [0.25, 0.3) is 5.69 Å². The van der Waals surface area contributed by atoms with Crippen molar-refractivity contribution in [3.05, 3.63) is 47.3 Å². The SMILES string of the molecule is Cc1cc(C)n(-c2ccc(CN3CCNC[C@H]3C)cc2)n1. The van der Waals surface area contributed by atoms with Gasteiger partial charge in [-0.15, -0.1) is 0 Å². The summed E-state index contributed by atoms with van der Waals surface area (Å²) in [4.78, 5) is 2.54. The van der Waals surface area contributed by atoms with E-state index in [1.165, 1.54) is 11.3 Å². The Morgan fingerprint density at radius 1 is 1.24 bits per heavy atom. The molecule has 0 spiro atoms. The summed E-state index contributed by atoms with van der Waals surface area (Å²) < 4.78 is 2.01. The number of rotatable bonds is 3. The molecular weight excluding hydrogens is 260 g/mol. The second-order valence-electron chi connectivity index (χ2n) is 6.03. The third-order valence-electron chi connectivity index (χ3n) is 4.22. The van der Waals surface area contributed by atoms with E-state index in [-0.39, 0.29) is 0 Å². The Bertz CT molecular complexity index is 600. The number of piperazine rings is 1. The molecule has 1 fully saturated rings. The van der Waals surface area contributed by atoms with Gasteiger partial charge in [-0.25, -0.2) is 4.68 Å². The molecule has 1 aromatic heterocycles. The minimum absolute atomic E-state index is 0.606. The Hall–Kier alpha value is -1.65. The van der Waals surface area contributed by atoms with Gasteiger partial charge in [0.25, 0.3) is 0 Å². The summed E-state index contributed by atoms with van der Waals surface area (Å²) in [6.45, 7) is 10.7. The molecule has 2 aromatic rings. The topological polar surface area (TPSA) is 33.1 Å². The van der Waals surface area contributed by atoms with E-state index in [4.69, 9.17) is 0 Å². The molecule has 0 aliphatic carbocycles. The lowest BCUT2D eigenvalue weighted by molar-refractivity contribution is 0.165. The van der Waals surface area contributed by atoms with Gasteiger partial charge < -0.3 is 5.32 Å². The van der Waals surface area contributed by atoms with Crippen molar-refractivity contribution in [1.82, 2.24) is 20.0 Å². The second-order valence-corrected chi connectivity index (χ2v) is 6.03. The molecule has 0 bridgehead atoms. The number of benzene rings is 1. The van der Waals surface area contributed by atoms with Crippen molar-refractivity contribution in [2.75, 3.05) is 19.6 Å². The molecule has 4 nitrogen and oxygen atoms in total. The molecule has 1 aromatic carbocycles. The minimum Gasteiger partial charge on any atom is -0.314 e. The monoisotopic (exact) mass is 284 g/mol. The van der Waals surface area contributed by atoms with Crippen LogP contribution in [0.4, 0.5) is 0 Å². The van der Waals surface area contributed by atoms with Crippen LogP contribution in [0.5, 0.6) is 0 Å². The zero-order chi connectivity index (χ0) is 14.8. The van der Waals surface area contributed by atoms with Crippen LogP contribution in [-0.4, -0.2) is 40.4 Å². The first-order chi connectivity index (χ1) is 10.1. The summed E-state index contributed by atoms with van der Waals surface area (Å²) in [6, 6.07) is 11.5. The van der Waals surface area contributed by atoms with Gasteiger partial charge in [-0.05, 0) is 44.5 Å². The maximum absolute atomic E-state index is 4.54. The third kappa shape index (κ3) is 3.17. The van der Waals surface area contributed by atoms with Crippen molar-refractivity contribution < 1.29 is 0 Å². The molecule has 0 amide bonds. The molecule has 1 aliphatic rings. The van der Waals surface area contributed by atoms with Gasteiger partial charge in [0.2, 0.25) is 0 Å². The van der Waals surface area contributed by atoms with Crippen molar-refractivity contribution in [2.45, 2.75) is 33.4 Å². The second kappa shape index (κ2) is 6.00. The van der Waals surface area contributed by atoms with E-state index in [1.54, 1.807) is 0 Å². The lowest BCUT2D eigenvalue weighted by Crippen LogP contribution is -2.49. The van der Waals surface area contributed by atoms with Gasteiger partial charge >= 0.3 is 0 Å². The standard InChI is InChI=1S/C17H24N4/c1-13-10-14(2)21(19-13)17-6-4-16(5-7-17)12-20-9-8-18-11-15(20)3/h4-7,10,15,18H,8-9,11-12H2,1-3H3/t15-/m1/s1. The van der Waals surface area contributed by atoms with Gasteiger partial charge in [0, 0.05) is 37.9 Å². The van der Waals surface area contributed by atoms with Crippen LogP contribution in [0.1, 0.15) is 23.9 Å². The first-order valence-electron chi connectivity index (χ1n) is 7.71. The molecule has 0 unspecified atom stereocenters. The summed E-state index contributed by atoms with van der Waals surface area (Å²) in [5.74, 6) is 0. The van der Waals surface area contributed by atoms with Crippen molar-refractivity contribution >= 4 is 0 Å². The fraction of sp³-hybridized carbons (Fsp3) is 0.471. The zero-order valence-corrected chi connectivity index (χ0v) is 13.1. The molecule has 3 rings (SSSR count). The fourth-order valence-electron chi connectivity index (χ4n) is 2.99. The third-order valence-corrected chi connectivity index (χ3v) is 4.22. The van der Waals surface area contributed by atoms with Gasteiger partial charge in [-0.3, -0.25) is 4.90 Å². The summed E-state index contributed by atoms with van der Waals surface area (Å²) >= 11 is 0. The molecule has 4 heteroatoms. The molecule has 1 aliphatic heterocycles. The number of nitrogens with one attached hydrogen (secondary N) is 1. The van der Waals surface area contributed by atoms with Crippen LogP contribution in [0.3, 0.4) is 0 Å². The highest BCUT2D eigenvalue weighted by molar-refractivity contribution is 5.36. The van der Waals surface area contributed by atoms with Crippen LogP contribution in [0.2, 0.25) is 0 Å². The molecule has 1 saturated heterocycles. The predicted molar refractivity (Wildman–Crippen MR) is 85.8 cm³/mol. The first-order valence-corrected chi connectivity index (χ1v) is 7.71. The molecule has 1 atom stereocenters. The quantitative estimate of drug-likeness (QED) is 0.939. The number of aromatic nitrogens is 2. The van der Waals surface area contributed by atoms with Gasteiger partial charge in [0.15, 0.2) is 0 Å². The highest BCUT2D eigenvalue weighted by atomic mass is 15.3. The van der Waals surface area contributed by atoms with Gasteiger partial charge in [-0.1, -0.05) is 12.1 Å². The van der Waals surface area contributed by atoms with Crippen LogP contribution in [0.15, 0.2) is 30.3 Å². The summed E-state index contributed by atoms with van der Waals surface area (Å²) in [6.07, 6.45) is 0. The maximum Gasteiger partial charge on any atom is 0.0648 e. The summed E-state index contributed by atoms with van der Waals surface area (Å²) in [5, 5.41) is 7.97. The Morgan fingerprint density at radius 2 is 2.00 bits per heavy atom. The smallest absolute Gasteiger partial charge is 0.0648 e. The molecule has 0 radical (unpaired) electrons. The number of nitrogens with zero attached hydrogens (tertiary/aromatic N) is 3. The van der Waals surface area contributed by atoms with Crippen LogP contribution < -0.4 is 5.32 Å². The van der Waals surface area contributed by atoms with Gasteiger partial charge in [0.05, 0.1) is 11.4 Å². The van der Waals surface area contributed by atoms with Crippen LogP contribution in [-0.2, 0) is 6.54 Å². The van der Waals surface area contributed by atoms with Crippen molar-refractivity contribution in [2.24, 2.45) is 0 Å². The normalized spacial score (nSPS) is 19.9. The average Bonchev–Trinajstić information content (AvgIpc) is 2.81. The molecule has 2 heterocycles. The van der Waals surface area contributed by atoms with E-state index in [9.17, 15) is 0 Å². The van der Waals surface area contributed by atoms with E-state index in [2.05, 4.69) is 59.5 Å². The van der Waals surface area contributed by atoms with E-state index in [0.717, 1.165) is 37.6 Å². The Labute approximate surface area is 126 Å². The lowest BCUT2D eigenvalue weighted by Gasteiger charge is -2.33. The van der Waals surface area contributed by atoms with E-state index in [0.29, 0.717) is 6.04 Å². The average molecular weight is 284 g/mol. The molecule has 112 valence electrons. The predicted octanol–water partition coefficient (Wildman–Crippen LogP) is 2.28. The highest BCUT2D eigenvalue weighted by Crippen LogP contribution is 2.15. The molecule has 0 saturated carbocycles. The summed E-state index contributed by atoms with van der Waals surface area (Å²) in [5.41, 5.74) is 4.74. The van der Waals surface area contributed by atoms with E-state index < -0.39 is 0 Å². The first kappa shape index (κ1) is 14.3. The molecule has 21 heavy (non-hydrogen) atoms. The van der Waals surface area contributed by atoms with Gasteiger partial charge in [0.1, 0.15) is 0 Å². The van der Waals surface area contributed by atoms with Gasteiger partial charge in [-0.2, -0.15) is 5.10 Å². The van der Waals surface area contributed by atoms with Crippen molar-refractivity contribution in [3.8, 4) is 5.69 Å². The minimum atomic E-state index is 0.606. The van der Waals surface area contributed by atoms with Crippen molar-refractivity contribution in [1.29, 1.82) is 0 Å². The van der Waals surface area contributed by atoms with E-state index in [1.807, 2.05) is 11.6 Å². The number of aryl methyl sites for hydroxylation is 2. The molecular formula is C17H24N4. The zero-order valence-electron chi connectivity index (χ0n) is 13.1. The van der Waals surface area contributed by atoms with Crippen LogP contribution in [0, 0.1) is 13.8 Å². The largest absolute Gasteiger partial charge is 0.314 e. The highest BCUT2D eigenvalue weighted by Gasteiger charge is 2.17. The Kier molecular flexibility index (Phi) is 4.08. The number of hydrogen-bond donors (Lipinski definition) is 1. The number of hydrogen-bond acceptors (Lipinski definition) is 3. The van der Waals surface area contributed by atoms with Crippen LogP contribution >= 0.6 is 0 Å². The van der Waals surface area contributed by atoms with E-state index >= 15 is 0 Å². The Morgan fingerprint density at radius 3 is 2.62 bits per heavy atom. The molecule has 1 N–H and O–H groups in total.